The van der Waals surface area contributed by atoms with Gasteiger partial charge in [-0.25, -0.2) is 9.78 Å². The van der Waals surface area contributed by atoms with Gasteiger partial charge >= 0.3 is 5.97 Å². The van der Waals surface area contributed by atoms with Gasteiger partial charge in [0.15, 0.2) is 0 Å². The fourth-order valence-electron chi connectivity index (χ4n) is 5.72. The third kappa shape index (κ3) is 7.18. The topological polar surface area (TPSA) is 132 Å². The molecule has 1 aliphatic rings. The van der Waals surface area contributed by atoms with Gasteiger partial charge in [-0.3, -0.25) is 9.59 Å². The summed E-state index contributed by atoms with van der Waals surface area (Å²) in [6.07, 6.45) is 5.04. The maximum atomic E-state index is 13.0. The number of pyridine rings is 1. The average molecular weight is 619 g/mol. The lowest BCUT2D eigenvalue weighted by atomic mass is 9.93. The summed E-state index contributed by atoms with van der Waals surface area (Å²) in [7, 11) is 1.92. The van der Waals surface area contributed by atoms with Gasteiger partial charge in [-0.2, -0.15) is 0 Å². The number of ether oxygens (including phenoxy) is 2. The zero-order chi connectivity index (χ0) is 32.0. The van der Waals surface area contributed by atoms with Crippen molar-refractivity contribution < 1.29 is 29.0 Å². The number of carbonyl (C=O) groups is 3. The summed E-state index contributed by atoms with van der Waals surface area (Å²) in [5.41, 5.74) is 2.63. The lowest BCUT2D eigenvalue weighted by Crippen LogP contribution is -2.40. The zero-order valence-corrected chi connectivity index (χ0v) is 25.3. The van der Waals surface area contributed by atoms with Gasteiger partial charge in [0.05, 0.1) is 23.8 Å². The highest BCUT2D eigenvalue weighted by molar-refractivity contribution is 6.01. The van der Waals surface area contributed by atoms with E-state index in [1.54, 1.807) is 36.5 Å². The number of nitrogens with zero attached hydrogens (tertiary/aromatic N) is 2. The Hall–Kier alpha value is -5.64. The summed E-state index contributed by atoms with van der Waals surface area (Å²) in [5, 5.41) is 16.2. The molecule has 3 N–H and O–H groups in total. The Kier molecular flexibility index (Phi) is 8.96. The fourth-order valence-corrected chi connectivity index (χ4v) is 5.72. The number of aromatic carboxylic acids is 1. The summed E-state index contributed by atoms with van der Waals surface area (Å²) in [4.78, 5) is 41.1. The molecule has 5 aromatic rings. The number of fused-ring (bicyclic) bond motifs is 1. The third-order valence-corrected chi connectivity index (χ3v) is 8.14. The number of anilines is 1. The van der Waals surface area contributed by atoms with Crippen molar-refractivity contribution in [1.82, 2.24) is 14.9 Å². The van der Waals surface area contributed by atoms with Gasteiger partial charge in [0.1, 0.15) is 17.2 Å². The Balaban J connectivity index is 0.948. The number of aromatic nitrogens is 2. The molecule has 0 atom stereocenters. The van der Waals surface area contributed by atoms with Crippen LogP contribution in [0, 0.1) is 0 Å². The predicted octanol–water partition coefficient (Wildman–Crippen LogP) is 6.37. The molecule has 46 heavy (non-hydrogen) atoms. The van der Waals surface area contributed by atoms with Crippen LogP contribution >= 0.6 is 0 Å². The van der Waals surface area contributed by atoms with E-state index in [4.69, 9.17) is 9.47 Å². The normalized spacial score (nSPS) is 16.0. The molecule has 2 aromatic heterocycles. The lowest BCUT2D eigenvalue weighted by molar-refractivity contribution is -0.115. The Morgan fingerprint density at radius 2 is 1.61 bits per heavy atom. The molecule has 10 nitrogen and oxygen atoms in total. The van der Waals surface area contributed by atoms with E-state index in [-0.39, 0.29) is 41.6 Å². The number of rotatable bonds is 10. The molecule has 0 bridgehead atoms. The molecule has 3 aromatic carbocycles. The van der Waals surface area contributed by atoms with Crippen LogP contribution in [0.4, 0.5) is 5.69 Å². The van der Waals surface area contributed by atoms with Crippen molar-refractivity contribution in [2.45, 2.75) is 44.2 Å². The van der Waals surface area contributed by atoms with Gasteiger partial charge in [0.25, 0.3) is 5.91 Å². The van der Waals surface area contributed by atoms with Crippen LogP contribution in [0.1, 0.15) is 52.1 Å². The van der Waals surface area contributed by atoms with Crippen LogP contribution in [-0.4, -0.2) is 44.6 Å². The second-order valence-electron chi connectivity index (χ2n) is 11.4. The highest BCUT2D eigenvalue weighted by atomic mass is 16.5. The molecule has 1 fully saturated rings. The second-order valence-corrected chi connectivity index (χ2v) is 11.4. The van der Waals surface area contributed by atoms with Gasteiger partial charge in [0.2, 0.25) is 11.8 Å². The van der Waals surface area contributed by atoms with Crippen molar-refractivity contribution in [1.29, 1.82) is 0 Å². The van der Waals surface area contributed by atoms with E-state index in [9.17, 15) is 19.5 Å². The molecule has 0 radical (unpaired) electrons. The molecule has 0 aliphatic heterocycles. The molecule has 10 heteroatoms. The smallest absolute Gasteiger partial charge is 0.337 e. The van der Waals surface area contributed by atoms with E-state index in [0.717, 1.165) is 42.3 Å². The minimum atomic E-state index is -1.11. The van der Waals surface area contributed by atoms with Crippen LogP contribution in [0.15, 0.2) is 97.2 Å². The Bertz CT molecular complexity index is 1860. The molecule has 0 spiro atoms. The Labute approximate surface area is 266 Å². The number of aryl methyl sites for hydroxylation is 1. The van der Waals surface area contributed by atoms with Crippen molar-refractivity contribution >= 4 is 34.4 Å². The third-order valence-electron chi connectivity index (χ3n) is 8.14. The summed E-state index contributed by atoms with van der Waals surface area (Å²) in [6.45, 7) is 0. The summed E-state index contributed by atoms with van der Waals surface area (Å²) < 4.78 is 14.0. The number of amides is 2. The number of carbonyl (C=O) groups excluding carboxylic acids is 2. The molecule has 0 saturated heterocycles. The van der Waals surface area contributed by atoms with E-state index in [2.05, 4.69) is 15.6 Å². The molecular weight excluding hydrogens is 584 g/mol. The Morgan fingerprint density at radius 1 is 0.891 bits per heavy atom. The maximum absolute atomic E-state index is 13.0. The van der Waals surface area contributed by atoms with Crippen molar-refractivity contribution in [2.24, 2.45) is 7.05 Å². The van der Waals surface area contributed by atoms with Gasteiger partial charge in [-0.15, -0.1) is 0 Å². The van der Waals surface area contributed by atoms with Crippen LogP contribution in [0.25, 0.3) is 10.9 Å². The molecule has 234 valence electrons. The van der Waals surface area contributed by atoms with E-state index in [0.29, 0.717) is 22.9 Å². The van der Waals surface area contributed by atoms with Crippen LogP contribution in [0.2, 0.25) is 0 Å². The van der Waals surface area contributed by atoms with E-state index in [1.807, 2.05) is 66.2 Å². The fraction of sp³-hybridized carbons (Fsp3) is 0.222. The molecule has 0 unspecified atom stereocenters. The Morgan fingerprint density at radius 3 is 2.33 bits per heavy atom. The van der Waals surface area contributed by atoms with Gasteiger partial charge in [0, 0.05) is 36.3 Å². The van der Waals surface area contributed by atoms with Gasteiger partial charge in [-0.1, -0.05) is 36.4 Å². The van der Waals surface area contributed by atoms with Crippen molar-refractivity contribution in [3.8, 4) is 17.4 Å². The second kappa shape index (κ2) is 13.6. The van der Waals surface area contributed by atoms with Crippen LogP contribution in [-0.2, 0) is 18.3 Å². The summed E-state index contributed by atoms with van der Waals surface area (Å²) in [6, 6.07) is 27.0. The maximum Gasteiger partial charge on any atom is 0.337 e. The number of nitrogens with one attached hydrogen (secondary N) is 2. The standard InChI is InChI=1S/C36H34N4O6/c1-40-31-9-5-2-6-24(31)21-32(40)35(42)38-25-11-13-26(14-12-25)45-27-15-17-28(18-16-27)46-34-19-10-23(22-37-34)20-33(41)39-30-8-4-3-7-29(30)36(43)44/h2-10,15-19,21-22,25-26H,11-14,20H2,1H3,(H,38,42)(H,39,41)(H,43,44). The zero-order valence-electron chi connectivity index (χ0n) is 25.3. The first-order chi connectivity index (χ1) is 22.3. The van der Waals surface area contributed by atoms with Crippen molar-refractivity contribution in [3.05, 3.63) is 114 Å². The molecule has 2 heterocycles. The largest absolute Gasteiger partial charge is 0.490 e. The number of benzene rings is 3. The quantitative estimate of drug-likeness (QED) is 0.166. The van der Waals surface area contributed by atoms with Crippen LogP contribution in [0.5, 0.6) is 17.4 Å². The summed E-state index contributed by atoms with van der Waals surface area (Å²) >= 11 is 0. The predicted molar refractivity (Wildman–Crippen MR) is 174 cm³/mol. The number of carboxylic acid groups (broad SMARTS) is 1. The molecule has 2 amide bonds. The summed E-state index contributed by atoms with van der Waals surface area (Å²) in [5.74, 6) is 0.204. The SMILES string of the molecule is Cn1c(C(=O)NC2CCC(Oc3ccc(Oc4ccc(CC(=O)Nc5ccccc5C(=O)O)cn4)cc3)CC2)cc2ccccc21. The minimum absolute atomic E-state index is 0.0278. The molecular formula is C36H34N4O6. The first-order valence-electron chi connectivity index (χ1n) is 15.2. The van der Waals surface area contributed by atoms with E-state index >= 15 is 0 Å². The highest BCUT2D eigenvalue weighted by Crippen LogP contribution is 2.28. The molecule has 1 saturated carbocycles. The van der Waals surface area contributed by atoms with Crippen LogP contribution in [0.3, 0.4) is 0 Å². The number of hydrogen-bond donors (Lipinski definition) is 3. The average Bonchev–Trinajstić information content (AvgIpc) is 3.40. The minimum Gasteiger partial charge on any atom is -0.490 e. The molecule has 6 rings (SSSR count). The first kappa shape index (κ1) is 30.4. The molecule has 1 aliphatic carbocycles. The van der Waals surface area contributed by atoms with Crippen LogP contribution < -0.4 is 20.1 Å². The lowest BCUT2D eigenvalue weighted by Gasteiger charge is -2.29. The van der Waals surface area contributed by atoms with Gasteiger partial charge in [-0.05, 0) is 79.8 Å². The van der Waals surface area contributed by atoms with Crippen molar-refractivity contribution in [2.75, 3.05) is 5.32 Å². The number of carboxylic acids is 1. The van der Waals surface area contributed by atoms with Crippen molar-refractivity contribution in [3.63, 3.8) is 0 Å². The van der Waals surface area contributed by atoms with E-state index in [1.165, 1.54) is 6.07 Å². The monoisotopic (exact) mass is 618 g/mol. The van der Waals surface area contributed by atoms with Gasteiger partial charge < -0.3 is 29.8 Å². The first-order valence-corrected chi connectivity index (χ1v) is 15.2. The highest BCUT2D eigenvalue weighted by Gasteiger charge is 2.25. The number of hydrogen-bond acceptors (Lipinski definition) is 6. The number of para-hydroxylation sites is 2. The van der Waals surface area contributed by atoms with E-state index < -0.39 is 5.97 Å².